The average molecular weight is 618 g/mol. The van der Waals surface area contributed by atoms with Gasteiger partial charge in [0.1, 0.15) is 0 Å². The summed E-state index contributed by atoms with van der Waals surface area (Å²) in [5.41, 5.74) is -0.188. The number of ether oxygens (including phenoxy) is 2. The van der Waals surface area contributed by atoms with Crippen LogP contribution in [-0.4, -0.2) is 97.3 Å². The highest BCUT2D eigenvalue weighted by molar-refractivity contribution is 7.90. The number of sulfonamides is 1. The van der Waals surface area contributed by atoms with Crippen molar-refractivity contribution in [3.05, 3.63) is 55.3 Å². The Hall–Kier alpha value is -3.95. The fraction of sp³-hybridized carbons (Fsp3) is 0.304. The van der Waals surface area contributed by atoms with Gasteiger partial charge in [0, 0.05) is 33.4 Å². The minimum atomic E-state index is -4.46. The summed E-state index contributed by atoms with van der Waals surface area (Å²) < 4.78 is 36.7. The van der Waals surface area contributed by atoms with E-state index in [1.54, 1.807) is 16.9 Å². The lowest BCUT2D eigenvalue weighted by atomic mass is 10.2. The summed E-state index contributed by atoms with van der Waals surface area (Å²) in [6, 6.07) is 2.90. The number of carbonyl (C=O) groups excluding carboxylic acids is 3. The van der Waals surface area contributed by atoms with E-state index in [0.29, 0.717) is 13.1 Å². The third kappa shape index (κ3) is 10.3. The van der Waals surface area contributed by atoms with Crippen molar-refractivity contribution in [2.75, 3.05) is 46.7 Å². The topological polar surface area (TPSA) is 173 Å². The first-order valence-corrected chi connectivity index (χ1v) is 13.4. The number of nitrogens with zero attached hydrogens (tertiary/aromatic N) is 5. The second kappa shape index (κ2) is 16.2. The van der Waals surface area contributed by atoms with Crippen LogP contribution in [0, 0.1) is 0 Å². The molecule has 4 amide bonds. The number of nitrogens with one attached hydrogen (secondary N) is 2. The van der Waals surface area contributed by atoms with Gasteiger partial charge in [-0.25, -0.2) is 14.5 Å². The van der Waals surface area contributed by atoms with E-state index in [2.05, 4.69) is 33.4 Å². The van der Waals surface area contributed by atoms with Crippen molar-refractivity contribution in [1.29, 1.82) is 0 Å². The van der Waals surface area contributed by atoms with Gasteiger partial charge in [-0.05, 0) is 12.1 Å². The summed E-state index contributed by atoms with van der Waals surface area (Å²) in [6.07, 6.45) is 4.41. The zero-order valence-electron chi connectivity index (χ0n) is 22.1. The quantitative estimate of drug-likeness (QED) is 0.281. The standard InChI is InChI=1S/C15H18N6O6S.C8H11Cl2NO/c1-21(2)13(22)9-6-5-7-16-12(9)28(24,25)20-15(23)19-14-17-10(26-3)8-11(18-14)27-4;1-3-5-11(6-4-2)8(12)7(9)10/h5-8H,1-4H3,(H2,17,18,19,20,23);3-4,7H,1-2,5-6H2. The monoisotopic (exact) mass is 617 g/mol. The van der Waals surface area contributed by atoms with E-state index in [9.17, 15) is 22.8 Å². The molecule has 2 N–H and O–H groups in total. The predicted octanol–water partition coefficient (Wildman–Crippen LogP) is 2.09. The highest BCUT2D eigenvalue weighted by Crippen LogP contribution is 2.18. The number of hydrogen-bond donors (Lipinski definition) is 2. The molecule has 0 bridgehead atoms. The number of pyridine rings is 1. The molecule has 0 unspecified atom stereocenters. The van der Waals surface area contributed by atoms with Crippen molar-refractivity contribution in [3.8, 4) is 11.8 Å². The van der Waals surface area contributed by atoms with Crippen molar-refractivity contribution in [3.63, 3.8) is 0 Å². The Bertz CT molecular complexity index is 1290. The molecule has 0 aliphatic carbocycles. The number of halogens is 2. The van der Waals surface area contributed by atoms with Crippen LogP contribution in [0.2, 0.25) is 0 Å². The molecule has 2 aromatic heterocycles. The molecule has 0 spiro atoms. The van der Waals surface area contributed by atoms with Gasteiger partial charge in [-0.2, -0.15) is 18.4 Å². The lowest BCUT2D eigenvalue weighted by molar-refractivity contribution is -0.128. The van der Waals surface area contributed by atoms with Gasteiger partial charge >= 0.3 is 6.03 Å². The lowest BCUT2D eigenvalue weighted by Gasteiger charge is -2.19. The maximum Gasteiger partial charge on any atom is 0.335 e. The van der Waals surface area contributed by atoms with Gasteiger partial charge < -0.3 is 19.3 Å². The molecular weight excluding hydrogens is 589 g/mol. The molecule has 0 fully saturated rings. The van der Waals surface area contributed by atoms with Gasteiger partial charge in [0.05, 0.1) is 25.8 Å². The van der Waals surface area contributed by atoms with E-state index in [4.69, 9.17) is 32.7 Å². The zero-order valence-corrected chi connectivity index (χ0v) is 24.5. The van der Waals surface area contributed by atoms with E-state index in [1.165, 1.54) is 62.5 Å². The van der Waals surface area contributed by atoms with E-state index in [-0.39, 0.29) is 29.2 Å². The SMILES string of the molecule is C=CCN(CC=C)C(=O)C(Cl)Cl.COc1cc(OC)nc(NC(=O)NS(=O)(=O)c2ncccc2C(=O)N(C)C)n1. The fourth-order valence-corrected chi connectivity index (χ4v) is 3.99. The molecule has 2 rings (SSSR count). The van der Waals surface area contributed by atoms with Crippen LogP contribution < -0.4 is 19.5 Å². The molecule has 2 aromatic rings. The number of urea groups is 1. The number of aromatic nitrogens is 3. The largest absolute Gasteiger partial charge is 0.481 e. The molecule has 14 nitrogen and oxygen atoms in total. The van der Waals surface area contributed by atoms with Crippen LogP contribution in [0.25, 0.3) is 0 Å². The summed E-state index contributed by atoms with van der Waals surface area (Å²) in [6.45, 7) is 7.88. The predicted molar refractivity (Wildman–Crippen MR) is 149 cm³/mol. The molecule has 218 valence electrons. The Kier molecular flexibility index (Phi) is 13.8. The normalized spacial score (nSPS) is 10.4. The van der Waals surface area contributed by atoms with E-state index in [1.807, 2.05) is 0 Å². The molecule has 40 heavy (non-hydrogen) atoms. The van der Waals surface area contributed by atoms with E-state index >= 15 is 0 Å². The van der Waals surface area contributed by atoms with E-state index < -0.39 is 31.8 Å². The van der Waals surface area contributed by atoms with E-state index in [0.717, 1.165) is 0 Å². The number of carbonyl (C=O) groups is 3. The van der Waals surface area contributed by atoms with Crippen LogP contribution in [0.15, 0.2) is 54.7 Å². The number of alkyl halides is 2. The number of hydrogen-bond acceptors (Lipinski definition) is 10. The highest BCUT2D eigenvalue weighted by atomic mass is 35.5. The fourth-order valence-electron chi connectivity index (χ4n) is 2.68. The van der Waals surface area contributed by atoms with Gasteiger partial charge in [-0.1, -0.05) is 35.4 Å². The van der Waals surface area contributed by atoms with Crippen LogP contribution in [0.5, 0.6) is 11.8 Å². The van der Waals surface area contributed by atoms with Crippen molar-refractivity contribution in [2.45, 2.75) is 9.86 Å². The first-order valence-electron chi connectivity index (χ1n) is 11.1. The lowest BCUT2D eigenvalue weighted by Crippen LogP contribution is -2.36. The summed E-state index contributed by atoms with van der Waals surface area (Å²) in [5.74, 6) is -0.982. The first-order chi connectivity index (χ1) is 18.8. The maximum atomic E-state index is 12.5. The van der Waals surface area contributed by atoms with Gasteiger partial charge in [-0.3, -0.25) is 14.9 Å². The Morgan fingerprint density at radius 2 is 1.62 bits per heavy atom. The third-order valence-corrected chi connectivity index (χ3v) is 6.07. The van der Waals surface area contributed by atoms with Crippen LogP contribution in [-0.2, 0) is 14.8 Å². The van der Waals surface area contributed by atoms with Crippen molar-refractivity contribution in [2.24, 2.45) is 0 Å². The smallest absolute Gasteiger partial charge is 0.335 e. The average Bonchev–Trinajstić information content (AvgIpc) is 2.91. The molecule has 0 aliphatic heterocycles. The molecule has 0 saturated carbocycles. The maximum absolute atomic E-state index is 12.5. The van der Waals surface area contributed by atoms with Crippen LogP contribution in [0.4, 0.5) is 10.7 Å². The Balaban J connectivity index is 0.000000562. The van der Waals surface area contributed by atoms with Gasteiger partial charge in [0.25, 0.3) is 21.8 Å². The number of amides is 4. The molecular formula is C23H29Cl2N7O7S. The second-order valence-corrected chi connectivity index (χ2v) is 10.2. The minimum Gasteiger partial charge on any atom is -0.481 e. The summed E-state index contributed by atoms with van der Waals surface area (Å²) >= 11 is 10.8. The summed E-state index contributed by atoms with van der Waals surface area (Å²) in [5, 5.41) is 1.56. The second-order valence-electron chi connectivity index (χ2n) is 7.51. The van der Waals surface area contributed by atoms with Gasteiger partial charge in [-0.15, -0.1) is 13.2 Å². The summed E-state index contributed by atoms with van der Waals surface area (Å²) in [4.78, 5) is 48.6. The van der Waals surface area contributed by atoms with Gasteiger partial charge in [0.2, 0.25) is 17.7 Å². The zero-order chi connectivity index (χ0) is 30.5. The Morgan fingerprint density at radius 3 is 2.08 bits per heavy atom. The molecule has 0 radical (unpaired) electrons. The van der Waals surface area contributed by atoms with Crippen LogP contribution >= 0.6 is 23.2 Å². The minimum absolute atomic E-state index is 0.0913. The first kappa shape index (κ1) is 34.1. The molecule has 0 atom stereocenters. The van der Waals surface area contributed by atoms with Crippen molar-refractivity contribution < 1.29 is 32.3 Å². The molecule has 2 heterocycles. The van der Waals surface area contributed by atoms with Crippen LogP contribution in [0.1, 0.15) is 10.4 Å². The Morgan fingerprint density at radius 1 is 1.07 bits per heavy atom. The number of anilines is 1. The molecule has 0 saturated heterocycles. The number of rotatable bonds is 11. The van der Waals surface area contributed by atoms with Crippen molar-refractivity contribution in [1.82, 2.24) is 29.5 Å². The highest BCUT2D eigenvalue weighted by Gasteiger charge is 2.27. The number of methoxy groups -OCH3 is 2. The molecule has 17 heteroatoms. The summed E-state index contributed by atoms with van der Waals surface area (Å²) in [7, 11) is 1.15. The molecule has 0 aliphatic rings. The third-order valence-electron chi connectivity index (χ3n) is 4.41. The molecule has 0 aromatic carbocycles. The van der Waals surface area contributed by atoms with Gasteiger partial charge in [0.15, 0.2) is 9.86 Å². The Labute approximate surface area is 242 Å². The van der Waals surface area contributed by atoms with Crippen molar-refractivity contribution >= 4 is 57.0 Å². The van der Waals surface area contributed by atoms with Crippen LogP contribution in [0.3, 0.4) is 0 Å².